The molecule has 0 fully saturated rings. The summed E-state index contributed by atoms with van der Waals surface area (Å²) in [6, 6.07) is 9.29. The van der Waals surface area contributed by atoms with Crippen molar-refractivity contribution in [1.82, 2.24) is 5.32 Å². The van der Waals surface area contributed by atoms with Crippen LogP contribution in [0.15, 0.2) is 36.4 Å². The van der Waals surface area contributed by atoms with E-state index in [2.05, 4.69) is 5.32 Å². The van der Waals surface area contributed by atoms with Crippen molar-refractivity contribution in [3.05, 3.63) is 57.8 Å². The van der Waals surface area contributed by atoms with Crippen LogP contribution in [0.3, 0.4) is 0 Å². The molecule has 7 heteroatoms. The van der Waals surface area contributed by atoms with Crippen molar-refractivity contribution >= 4 is 29.1 Å². The van der Waals surface area contributed by atoms with E-state index in [1.165, 1.54) is 6.07 Å². The van der Waals surface area contributed by atoms with Gasteiger partial charge < -0.3 is 14.8 Å². The number of nitrogens with one attached hydrogen (secondary N) is 1. The van der Waals surface area contributed by atoms with Gasteiger partial charge in [-0.25, -0.2) is 4.39 Å². The number of hydrogen-bond acceptors (Lipinski definition) is 3. The number of carbonyl (C=O) groups excluding carboxylic acids is 1. The Hall–Kier alpha value is -1.98. The first kappa shape index (κ1) is 17.4. The maximum atomic E-state index is 13.4. The van der Waals surface area contributed by atoms with E-state index in [1.54, 1.807) is 31.4 Å². The highest BCUT2D eigenvalue weighted by Crippen LogP contribution is 2.24. The van der Waals surface area contributed by atoms with Gasteiger partial charge in [0.1, 0.15) is 23.9 Å². The maximum absolute atomic E-state index is 13.4. The molecule has 0 aromatic heterocycles. The van der Waals surface area contributed by atoms with Gasteiger partial charge in [0, 0.05) is 6.07 Å². The lowest BCUT2D eigenvalue weighted by atomic mass is 10.2. The van der Waals surface area contributed by atoms with Crippen molar-refractivity contribution in [2.75, 3.05) is 20.3 Å². The number of benzene rings is 2. The summed E-state index contributed by atoms with van der Waals surface area (Å²) in [5.41, 5.74) is 0.0231. The van der Waals surface area contributed by atoms with Crippen LogP contribution >= 0.6 is 23.2 Å². The highest BCUT2D eigenvalue weighted by molar-refractivity contribution is 6.36. The van der Waals surface area contributed by atoms with E-state index in [9.17, 15) is 9.18 Å². The van der Waals surface area contributed by atoms with Gasteiger partial charge in [-0.3, -0.25) is 4.79 Å². The first-order valence-electron chi connectivity index (χ1n) is 6.71. The minimum absolute atomic E-state index is 0.0231. The molecule has 0 bridgehead atoms. The lowest BCUT2D eigenvalue weighted by Crippen LogP contribution is -2.28. The number of carbonyl (C=O) groups is 1. The number of methoxy groups -OCH3 is 1. The largest absolute Gasteiger partial charge is 0.497 e. The first-order chi connectivity index (χ1) is 11.0. The van der Waals surface area contributed by atoms with Crippen LogP contribution in [0.5, 0.6) is 11.5 Å². The molecular formula is C16H14Cl2FNO3. The molecule has 0 unspecified atom stereocenters. The van der Waals surface area contributed by atoms with Crippen LogP contribution in [0.4, 0.5) is 4.39 Å². The van der Waals surface area contributed by atoms with Crippen LogP contribution in [0, 0.1) is 5.82 Å². The second-order valence-electron chi connectivity index (χ2n) is 4.53. The molecule has 0 spiro atoms. The van der Waals surface area contributed by atoms with E-state index in [4.69, 9.17) is 32.7 Å². The fourth-order valence-electron chi connectivity index (χ4n) is 1.82. The number of rotatable bonds is 6. The average molecular weight is 358 g/mol. The Morgan fingerprint density at radius 2 is 1.91 bits per heavy atom. The molecule has 2 rings (SSSR count). The minimum Gasteiger partial charge on any atom is -0.497 e. The van der Waals surface area contributed by atoms with Gasteiger partial charge in [-0.15, -0.1) is 0 Å². The molecule has 23 heavy (non-hydrogen) atoms. The van der Waals surface area contributed by atoms with Crippen LogP contribution < -0.4 is 14.8 Å². The van der Waals surface area contributed by atoms with Gasteiger partial charge >= 0.3 is 0 Å². The zero-order valence-electron chi connectivity index (χ0n) is 12.2. The summed E-state index contributed by atoms with van der Waals surface area (Å²) in [5.74, 6) is 0.0952. The fourth-order valence-corrected chi connectivity index (χ4v) is 2.29. The second-order valence-corrected chi connectivity index (χ2v) is 5.34. The Balaban J connectivity index is 1.86. The standard InChI is InChI=1S/C16H14Cl2FNO3/c1-22-10-3-2-4-11(7-10)23-6-5-20-16(21)12-8-15(19)14(18)9-13(12)17/h2-4,7-9H,5-6H2,1H3,(H,20,21). The molecule has 1 N–H and O–H groups in total. The third kappa shape index (κ3) is 4.74. The van der Waals surface area contributed by atoms with Crippen molar-refractivity contribution < 1.29 is 18.7 Å². The smallest absolute Gasteiger partial charge is 0.253 e. The van der Waals surface area contributed by atoms with Crippen LogP contribution in [-0.2, 0) is 0 Å². The van der Waals surface area contributed by atoms with Crippen LogP contribution in [0.2, 0.25) is 10.0 Å². The molecule has 0 saturated carbocycles. The topological polar surface area (TPSA) is 47.6 Å². The summed E-state index contributed by atoms with van der Waals surface area (Å²) in [6.45, 7) is 0.475. The fraction of sp³-hybridized carbons (Fsp3) is 0.188. The van der Waals surface area contributed by atoms with Crippen molar-refractivity contribution in [2.24, 2.45) is 0 Å². The summed E-state index contributed by atoms with van der Waals surface area (Å²) in [6.07, 6.45) is 0. The molecule has 2 aromatic carbocycles. The molecule has 122 valence electrons. The van der Waals surface area contributed by atoms with Gasteiger partial charge in [0.25, 0.3) is 5.91 Å². The molecule has 0 aliphatic carbocycles. The van der Waals surface area contributed by atoms with Crippen LogP contribution in [-0.4, -0.2) is 26.2 Å². The van der Waals surface area contributed by atoms with Crippen molar-refractivity contribution in [3.8, 4) is 11.5 Å². The van der Waals surface area contributed by atoms with Gasteiger partial charge in [0.15, 0.2) is 0 Å². The van der Waals surface area contributed by atoms with E-state index >= 15 is 0 Å². The Morgan fingerprint density at radius 3 is 2.65 bits per heavy atom. The number of amides is 1. The Kier molecular flexibility index (Phi) is 6.07. The van der Waals surface area contributed by atoms with E-state index in [-0.39, 0.29) is 28.8 Å². The highest BCUT2D eigenvalue weighted by atomic mass is 35.5. The van der Waals surface area contributed by atoms with Gasteiger partial charge in [-0.1, -0.05) is 29.3 Å². The third-order valence-electron chi connectivity index (χ3n) is 2.95. The van der Waals surface area contributed by atoms with Crippen molar-refractivity contribution in [3.63, 3.8) is 0 Å². The van der Waals surface area contributed by atoms with Crippen molar-refractivity contribution in [2.45, 2.75) is 0 Å². The molecule has 2 aromatic rings. The average Bonchev–Trinajstić information content (AvgIpc) is 2.55. The summed E-state index contributed by atoms with van der Waals surface area (Å²) < 4.78 is 24.0. The van der Waals surface area contributed by atoms with E-state index in [0.29, 0.717) is 11.5 Å². The predicted molar refractivity (Wildman–Crippen MR) is 87.2 cm³/mol. The quantitative estimate of drug-likeness (QED) is 0.628. The molecule has 0 atom stereocenters. The molecule has 0 radical (unpaired) electrons. The second kappa shape index (κ2) is 8.04. The first-order valence-corrected chi connectivity index (χ1v) is 7.46. The highest BCUT2D eigenvalue weighted by Gasteiger charge is 2.13. The SMILES string of the molecule is COc1cccc(OCCNC(=O)c2cc(F)c(Cl)cc2Cl)c1. The number of ether oxygens (including phenoxy) is 2. The van der Waals surface area contributed by atoms with E-state index < -0.39 is 11.7 Å². The Bertz CT molecular complexity index is 710. The van der Waals surface area contributed by atoms with Crippen LogP contribution in [0.25, 0.3) is 0 Å². The van der Waals surface area contributed by atoms with Gasteiger partial charge in [0.05, 0.1) is 29.3 Å². The summed E-state index contributed by atoms with van der Waals surface area (Å²) in [7, 11) is 1.56. The Labute approximate surface area is 143 Å². The van der Waals surface area contributed by atoms with Gasteiger partial charge in [0.2, 0.25) is 0 Å². The lowest BCUT2D eigenvalue weighted by molar-refractivity contribution is 0.0946. The molecule has 0 saturated heterocycles. The number of halogens is 3. The summed E-state index contributed by atoms with van der Waals surface area (Å²) >= 11 is 11.5. The van der Waals surface area contributed by atoms with E-state index in [1.807, 2.05) is 0 Å². The molecular weight excluding hydrogens is 344 g/mol. The molecule has 0 heterocycles. The van der Waals surface area contributed by atoms with Gasteiger partial charge in [-0.2, -0.15) is 0 Å². The van der Waals surface area contributed by atoms with Gasteiger partial charge in [-0.05, 0) is 24.3 Å². The zero-order valence-corrected chi connectivity index (χ0v) is 13.7. The summed E-state index contributed by atoms with van der Waals surface area (Å²) in [5, 5.41) is 2.55. The predicted octanol–water partition coefficient (Wildman–Crippen LogP) is 3.95. The zero-order chi connectivity index (χ0) is 16.8. The molecule has 0 aliphatic rings. The number of hydrogen-bond donors (Lipinski definition) is 1. The molecule has 4 nitrogen and oxygen atoms in total. The lowest BCUT2D eigenvalue weighted by Gasteiger charge is -2.10. The van der Waals surface area contributed by atoms with Crippen molar-refractivity contribution in [1.29, 1.82) is 0 Å². The molecule has 1 amide bonds. The monoisotopic (exact) mass is 357 g/mol. The van der Waals surface area contributed by atoms with Crippen LogP contribution in [0.1, 0.15) is 10.4 Å². The minimum atomic E-state index is -0.700. The third-order valence-corrected chi connectivity index (χ3v) is 3.55. The Morgan fingerprint density at radius 1 is 1.17 bits per heavy atom. The summed E-state index contributed by atoms with van der Waals surface area (Å²) in [4.78, 5) is 12.0. The maximum Gasteiger partial charge on any atom is 0.253 e. The van der Waals surface area contributed by atoms with E-state index in [0.717, 1.165) is 6.07 Å². The molecule has 0 aliphatic heterocycles. The normalized spacial score (nSPS) is 10.3.